The standard InChI is InChI=1S/C21H25N7O/c1-12(2)20(29)27-10-15-9-14(27)11-28(15)21-22-17-7-5-4-6-16(17)19(24-21)23-18-8-13(3)25-26-18/h4-8,12,14-15H,9-11H2,1-3H3,(H2,22,23,24,25,26). The Labute approximate surface area is 169 Å². The number of para-hydroxylation sites is 1. The Morgan fingerprint density at radius 2 is 2.03 bits per heavy atom. The van der Waals surface area contributed by atoms with E-state index in [0.717, 1.165) is 47.7 Å². The van der Waals surface area contributed by atoms with Crippen LogP contribution in [0.15, 0.2) is 30.3 Å². The summed E-state index contributed by atoms with van der Waals surface area (Å²) in [4.78, 5) is 26.5. The number of aromatic nitrogens is 4. The van der Waals surface area contributed by atoms with Crippen LogP contribution in [0.4, 0.5) is 17.6 Å². The Balaban J connectivity index is 1.47. The van der Waals surface area contributed by atoms with E-state index in [1.54, 1.807) is 0 Å². The number of amides is 1. The lowest BCUT2D eigenvalue weighted by Gasteiger charge is -2.35. The molecule has 0 aliphatic carbocycles. The molecule has 2 unspecified atom stereocenters. The first-order valence-corrected chi connectivity index (χ1v) is 10.1. The van der Waals surface area contributed by atoms with E-state index in [1.165, 1.54) is 0 Å². The summed E-state index contributed by atoms with van der Waals surface area (Å²) in [6, 6.07) is 10.5. The highest BCUT2D eigenvalue weighted by Crippen LogP contribution is 2.35. The van der Waals surface area contributed by atoms with E-state index in [-0.39, 0.29) is 23.9 Å². The minimum absolute atomic E-state index is 0.0350. The lowest BCUT2D eigenvalue weighted by molar-refractivity contribution is -0.135. The van der Waals surface area contributed by atoms with E-state index in [9.17, 15) is 4.79 Å². The summed E-state index contributed by atoms with van der Waals surface area (Å²) in [6.07, 6.45) is 0.982. The maximum Gasteiger partial charge on any atom is 0.228 e. The van der Waals surface area contributed by atoms with Crippen molar-refractivity contribution in [2.24, 2.45) is 5.92 Å². The molecule has 2 N–H and O–H groups in total. The topological polar surface area (TPSA) is 90.0 Å². The number of hydrogen-bond acceptors (Lipinski definition) is 6. The van der Waals surface area contributed by atoms with Crippen LogP contribution in [0.5, 0.6) is 0 Å². The van der Waals surface area contributed by atoms with Gasteiger partial charge in [-0.3, -0.25) is 9.89 Å². The number of H-pyrrole nitrogens is 1. The van der Waals surface area contributed by atoms with E-state index >= 15 is 0 Å². The van der Waals surface area contributed by atoms with E-state index < -0.39 is 0 Å². The predicted octanol–water partition coefficient (Wildman–Crippen LogP) is 2.85. The van der Waals surface area contributed by atoms with Gasteiger partial charge in [0.15, 0.2) is 5.82 Å². The molecule has 8 nitrogen and oxygen atoms in total. The molecule has 1 amide bonds. The van der Waals surface area contributed by atoms with Crippen molar-refractivity contribution in [3.8, 4) is 0 Å². The second kappa shape index (κ2) is 6.72. The average molecular weight is 391 g/mol. The van der Waals surface area contributed by atoms with Crippen molar-refractivity contribution in [2.45, 2.75) is 39.3 Å². The fourth-order valence-electron chi connectivity index (χ4n) is 4.40. The van der Waals surface area contributed by atoms with Crippen LogP contribution < -0.4 is 10.2 Å². The summed E-state index contributed by atoms with van der Waals surface area (Å²) < 4.78 is 0. The Morgan fingerprint density at radius 3 is 2.72 bits per heavy atom. The second-order valence-electron chi connectivity index (χ2n) is 8.29. The van der Waals surface area contributed by atoms with Crippen LogP contribution in [0, 0.1) is 12.8 Å². The van der Waals surface area contributed by atoms with Gasteiger partial charge in [0.05, 0.1) is 17.6 Å². The van der Waals surface area contributed by atoms with Crippen LogP contribution in [-0.2, 0) is 4.79 Å². The smallest absolute Gasteiger partial charge is 0.228 e. The van der Waals surface area contributed by atoms with Crippen molar-refractivity contribution in [3.05, 3.63) is 36.0 Å². The third-order valence-corrected chi connectivity index (χ3v) is 5.82. The number of nitrogens with zero attached hydrogens (tertiary/aromatic N) is 5. The van der Waals surface area contributed by atoms with Crippen molar-refractivity contribution >= 4 is 34.4 Å². The molecule has 1 aromatic carbocycles. The monoisotopic (exact) mass is 391 g/mol. The molecule has 3 aromatic rings. The minimum atomic E-state index is 0.0350. The number of likely N-dealkylation sites (tertiary alicyclic amines) is 1. The number of aromatic amines is 1. The van der Waals surface area contributed by atoms with Crippen molar-refractivity contribution in [1.82, 2.24) is 25.1 Å². The van der Waals surface area contributed by atoms with Gasteiger partial charge in [-0.1, -0.05) is 26.0 Å². The molecule has 2 atom stereocenters. The van der Waals surface area contributed by atoms with Crippen molar-refractivity contribution in [1.29, 1.82) is 0 Å². The summed E-state index contributed by atoms with van der Waals surface area (Å²) in [5.74, 6) is 2.47. The van der Waals surface area contributed by atoms with Crippen LogP contribution in [-0.4, -0.2) is 56.1 Å². The van der Waals surface area contributed by atoms with Gasteiger partial charge in [0.25, 0.3) is 0 Å². The number of carbonyl (C=O) groups excluding carboxylic acids is 1. The largest absolute Gasteiger partial charge is 0.336 e. The molecule has 8 heteroatoms. The summed E-state index contributed by atoms with van der Waals surface area (Å²) >= 11 is 0. The molecule has 2 aliphatic rings. The van der Waals surface area contributed by atoms with E-state index in [2.05, 4.69) is 20.4 Å². The molecular formula is C21H25N7O. The number of fused-ring (bicyclic) bond motifs is 3. The SMILES string of the molecule is Cc1cc(Nc2nc(N3CC4CC3CN4C(=O)C(C)C)nc3ccccc23)n[nH]1. The van der Waals surface area contributed by atoms with Gasteiger partial charge in [-0.25, -0.2) is 4.98 Å². The molecule has 2 aromatic heterocycles. The highest BCUT2D eigenvalue weighted by molar-refractivity contribution is 5.91. The van der Waals surface area contributed by atoms with Gasteiger partial charge in [-0.15, -0.1) is 0 Å². The van der Waals surface area contributed by atoms with Gasteiger partial charge in [-0.05, 0) is 25.5 Å². The molecule has 150 valence electrons. The zero-order chi connectivity index (χ0) is 20.1. The highest BCUT2D eigenvalue weighted by Gasteiger charge is 2.46. The van der Waals surface area contributed by atoms with Crippen LogP contribution in [0.25, 0.3) is 10.9 Å². The first-order chi connectivity index (χ1) is 14.0. The molecule has 2 aliphatic heterocycles. The van der Waals surface area contributed by atoms with E-state index in [0.29, 0.717) is 5.95 Å². The molecule has 5 rings (SSSR count). The van der Waals surface area contributed by atoms with Gasteiger partial charge in [0.1, 0.15) is 5.82 Å². The Bertz CT molecular complexity index is 1080. The number of benzene rings is 1. The second-order valence-corrected chi connectivity index (χ2v) is 8.29. The molecule has 0 saturated carbocycles. The third kappa shape index (κ3) is 3.08. The normalized spacial score (nSPS) is 20.8. The van der Waals surface area contributed by atoms with Crippen LogP contribution >= 0.6 is 0 Å². The van der Waals surface area contributed by atoms with Crippen molar-refractivity contribution < 1.29 is 4.79 Å². The van der Waals surface area contributed by atoms with Gasteiger partial charge >= 0.3 is 0 Å². The van der Waals surface area contributed by atoms with Crippen LogP contribution in [0.3, 0.4) is 0 Å². The van der Waals surface area contributed by atoms with Gasteiger partial charge in [-0.2, -0.15) is 10.1 Å². The first kappa shape index (κ1) is 17.9. The lowest BCUT2D eigenvalue weighted by atomic mass is 10.1. The third-order valence-electron chi connectivity index (χ3n) is 5.82. The number of anilines is 3. The molecule has 0 radical (unpaired) electrons. The molecule has 2 saturated heterocycles. The maximum absolute atomic E-state index is 12.5. The molecule has 0 spiro atoms. The highest BCUT2D eigenvalue weighted by atomic mass is 16.2. The number of piperazine rings is 1. The summed E-state index contributed by atoms with van der Waals surface area (Å²) in [5, 5.41) is 11.5. The molecule has 2 bridgehead atoms. The summed E-state index contributed by atoms with van der Waals surface area (Å²) in [7, 11) is 0. The van der Waals surface area contributed by atoms with Crippen molar-refractivity contribution in [2.75, 3.05) is 23.3 Å². The molecule has 4 heterocycles. The van der Waals surface area contributed by atoms with Crippen molar-refractivity contribution in [3.63, 3.8) is 0 Å². The number of rotatable bonds is 4. The predicted molar refractivity (Wildman–Crippen MR) is 112 cm³/mol. The number of carbonyl (C=O) groups is 1. The molecular weight excluding hydrogens is 366 g/mol. The zero-order valence-corrected chi connectivity index (χ0v) is 16.9. The van der Waals surface area contributed by atoms with E-state index in [4.69, 9.17) is 9.97 Å². The van der Waals surface area contributed by atoms with Crippen LogP contribution in [0.1, 0.15) is 26.0 Å². The quantitative estimate of drug-likeness (QED) is 0.711. The fourth-order valence-corrected chi connectivity index (χ4v) is 4.40. The maximum atomic E-state index is 12.5. The fraction of sp³-hybridized carbons (Fsp3) is 0.429. The van der Waals surface area contributed by atoms with E-state index in [1.807, 2.05) is 56.0 Å². The average Bonchev–Trinajstić information content (AvgIpc) is 3.43. The lowest BCUT2D eigenvalue weighted by Crippen LogP contribution is -2.50. The number of aryl methyl sites for hydroxylation is 1. The van der Waals surface area contributed by atoms with Gasteiger partial charge < -0.3 is 15.1 Å². The molecule has 2 fully saturated rings. The Kier molecular flexibility index (Phi) is 4.15. The first-order valence-electron chi connectivity index (χ1n) is 10.1. The molecule has 29 heavy (non-hydrogen) atoms. The van der Waals surface area contributed by atoms with Crippen LogP contribution in [0.2, 0.25) is 0 Å². The van der Waals surface area contributed by atoms with Gasteiger partial charge in [0.2, 0.25) is 11.9 Å². The summed E-state index contributed by atoms with van der Waals surface area (Å²) in [6.45, 7) is 7.43. The summed E-state index contributed by atoms with van der Waals surface area (Å²) in [5.41, 5.74) is 1.88. The Hall–Kier alpha value is -3.16. The number of nitrogens with one attached hydrogen (secondary N) is 2. The Morgan fingerprint density at radius 1 is 1.21 bits per heavy atom. The number of hydrogen-bond donors (Lipinski definition) is 2. The zero-order valence-electron chi connectivity index (χ0n) is 16.9. The van der Waals surface area contributed by atoms with Gasteiger partial charge in [0, 0.05) is 36.2 Å². The minimum Gasteiger partial charge on any atom is -0.336 e.